The van der Waals surface area contributed by atoms with Crippen LogP contribution in [-0.2, 0) is 4.79 Å². The Labute approximate surface area is 220 Å². The lowest BCUT2D eigenvalue weighted by atomic mass is 9.91. The molecule has 0 saturated heterocycles. The molecule has 0 spiro atoms. The molecule has 202 valence electrons. The van der Waals surface area contributed by atoms with Crippen molar-refractivity contribution in [3.8, 4) is 22.8 Å². The molecule has 0 radical (unpaired) electrons. The van der Waals surface area contributed by atoms with Crippen LogP contribution in [0.2, 0.25) is 0 Å². The van der Waals surface area contributed by atoms with Gasteiger partial charge in [-0.3, -0.25) is 9.59 Å². The quantitative estimate of drug-likeness (QED) is 0.382. The van der Waals surface area contributed by atoms with Crippen LogP contribution in [0.3, 0.4) is 0 Å². The Bertz CT molecular complexity index is 1340. The molecule has 10 heteroatoms. The highest BCUT2D eigenvalue weighted by molar-refractivity contribution is 6.09. The number of H-pyrrole nitrogens is 1. The Kier molecular flexibility index (Phi) is 7.49. The number of benzene rings is 1. The van der Waals surface area contributed by atoms with Gasteiger partial charge in [-0.25, -0.2) is 14.4 Å². The number of ether oxygens (including phenoxy) is 2. The van der Waals surface area contributed by atoms with E-state index < -0.39 is 5.82 Å². The summed E-state index contributed by atoms with van der Waals surface area (Å²) in [7, 11) is 1.41. The highest BCUT2D eigenvalue weighted by atomic mass is 19.1. The standard InChI is InChI=1S/C28H34FN5O4/c1-4-23(35)33-17-7-9-18(10-8-17)34-28(36)24-15(2)32-27-25(30-14-31-26(24)27)19-11-22(37-3)20(29)12-21(19)38-13-16-5-6-16/h11-12,14,16-18,32H,4-10,13H2,1-3H3,(H,33,35)(H,34,36)/t17-,18+. The van der Waals surface area contributed by atoms with E-state index in [1.54, 1.807) is 6.07 Å². The van der Waals surface area contributed by atoms with Crippen molar-refractivity contribution in [1.29, 1.82) is 0 Å². The van der Waals surface area contributed by atoms with Gasteiger partial charge in [-0.15, -0.1) is 0 Å². The summed E-state index contributed by atoms with van der Waals surface area (Å²) in [4.78, 5) is 37.3. The number of amides is 2. The van der Waals surface area contributed by atoms with Crippen LogP contribution in [0.4, 0.5) is 4.39 Å². The lowest BCUT2D eigenvalue weighted by molar-refractivity contribution is -0.121. The number of carbonyl (C=O) groups excluding carboxylic acids is 2. The van der Waals surface area contributed by atoms with Gasteiger partial charge in [-0.05, 0) is 57.4 Å². The second kappa shape index (κ2) is 11.0. The highest BCUT2D eigenvalue weighted by Crippen LogP contribution is 2.39. The number of nitrogens with one attached hydrogen (secondary N) is 3. The van der Waals surface area contributed by atoms with Crippen LogP contribution < -0.4 is 20.1 Å². The average Bonchev–Trinajstić information content (AvgIpc) is 3.68. The van der Waals surface area contributed by atoms with Crippen LogP contribution in [0.25, 0.3) is 22.3 Å². The second-order valence-electron chi connectivity index (χ2n) is 10.3. The van der Waals surface area contributed by atoms with E-state index in [0.717, 1.165) is 38.5 Å². The number of fused-ring (bicyclic) bond motifs is 1. The number of methoxy groups -OCH3 is 1. The number of aromatic amines is 1. The van der Waals surface area contributed by atoms with Gasteiger partial charge < -0.3 is 25.1 Å². The fourth-order valence-electron chi connectivity index (χ4n) is 5.06. The third kappa shape index (κ3) is 5.44. The van der Waals surface area contributed by atoms with Gasteiger partial charge in [0.05, 0.1) is 24.8 Å². The summed E-state index contributed by atoms with van der Waals surface area (Å²) in [6.07, 6.45) is 7.32. The lowest BCUT2D eigenvalue weighted by Gasteiger charge is -2.29. The van der Waals surface area contributed by atoms with Crippen LogP contribution in [-0.4, -0.2) is 52.6 Å². The zero-order chi connectivity index (χ0) is 26.8. The summed E-state index contributed by atoms with van der Waals surface area (Å²) in [6, 6.07) is 3.08. The number of halogens is 1. The molecule has 2 aliphatic rings. The third-order valence-corrected chi connectivity index (χ3v) is 7.43. The Morgan fingerprint density at radius 1 is 1.05 bits per heavy atom. The smallest absolute Gasteiger partial charge is 0.255 e. The second-order valence-corrected chi connectivity index (χ2v) is 10.3. The summed E-state index contributed by atoms with van der Waals surface area (Å²) in [6.45, 7) is 4.18. The molecule has 9 nitrogen and oxygen atoms in total. The number of rotatable bonds is 9. The van der Waals surface area contributed by atoms with Gasteiger partial charge in [0.2, 0.25) is 5.91 Å². The molecule has 0 atom stereocenters. The van der Waals surface area contributed by atoms with Crippen LogP contribution in [0.15, 0.2) is 18.5 Å². The third-order valence-electron chi connectivity index (χ3n) is 7.43. The van der Waals surface area contributed by atoms with Crippen LogP contribution in [0, 0.1) is 18.7 Å². The first-order chi connectivity index (χ1) is 18.4. The summed E-state index contributed by atoms with van der Waals surface area (Å²) < 4.78 is 25.8. The van der Waals surface area contributed by atoms with Crippen LogP contribution in [0.1, 0.15) is 67.9 Å². The molecular formula is C28H34FN5O4. The predicted molar refractivity (Wildman–Crippen MR) is 141 cm³/mol. The van der Waals surface area contributed by atoms with Crippen molar-refractivity contribution in [2.75, 3.05) is 13.7 Å². The largest absolute Gasteiger partial charge is 0.494 e. The van der Waals surface area contributed by atoms with Crippen LogP contribution in [0.5, 0.6) is 11.5 Å². The van der Waals surface area contributed by atoms with Gasteiger partial charge in [0.1, 0.15) is 23.3 Å². The van der Waals surface area contributed by atoms with E-state index in [2.05, 4.69) is 25.6 Å². The van der Waals surface area contributed by atoms with Crippen molar-refractivity contribution in [2.24, 2.45) is 5.92 Å². The first kappa shape index (κ1) is 25.9. The molecular weight excluding hydrogens is 489 g/mol. The molecule has 3 N–H and O–H groups in total. The number of carbonyl (C=O) groups is 2. The predicted octanol–water partition coefficient (Wildman–Crippen LogP) is 4.44. The summed E-state index contributed by atoms with van der Waals surface area (Å²) in [5, 5.41) is 6.20. The topological polar surface area (TPSA) is 118 Å². The molecule has 5 rings (SSSR count). The van der Waals surface area contributed by atoms with E-state index in [-0.39, 0.29) is 29.6 Å². The van der Waals surface area contributed by atoms with Crippen molar-refractivity contribution in [1.82, 2.24) is 25.6 Å². The van der Waals surface area contributed by atoms with Gasteiger partial charge in [0.15, 0.2) is 11.6 Å². The van der Waals surface area contributed by atoms with E-state index >= 15 is 0 Å². The zero-order valence-corrected chi connectivity index (χ0v) is 22.0. The molecule has 2 saturated carbocycles. The Hall–Kier alpha value is -3.69. The minimum atomic E-state index is -0.515. The van der Waals surface area contributed by atoms with E-state index in [0.29, 0.717) is 58.2 Å². The molecule has 2 aliphatic carbocycles. The molecule has 0 aliphatic heterocycles. The maximum Gasteiger partial charge on any atom is 0.255 e. The molecule has 2 amide bonds. The van der Waals surface area contributed by atoms with Gasteiger partial charge in [-0.1, -0.05) is 6.92 Å². The molecule has 2 aromatic heterocycles. The number of aromatic nitrogens is 3. The van der Waals surface area contributed by atoms with Crippen molar-refractivity contribution in [3.63, 3.8) is 0 Å². The number of hydrogen-bond donors (Lipinski definition) is 3. The maximum absolute atomic E-state index is 14.6. The summed E-state index contributed by atoms with van der Waals surface area (Å²) in [5.74, 6) is 0.278. The van der Waals surface area contributed by atoms with Crippen molar-refractivity contribution >= 4 is 22.8 Å². The fraction of sp³-hybridized carbons (Fsp3) is 0.500. The molecule has 2 heterocycles. The van der Waals surface area contributed by atoms with Gasteiger partial charge in [0, 0.05) is 35.8 Å². The minimum Gasteiger partial charge on any atom is -0.494 e. The summed E-state index contributed by atoms with van der Waals surface area (Å²) in [5.41, 5.74) is 3.26. The van der Waals surface area contributed by atoms with Crippen molar-refractivity contribution in [2.45, 2.75) is 70.9 Å². The van der Waals surface area contributed by atoms with E-state index in [1.807, 2.05) is 13.8 Å². The molecule has 0 unspecified atom stereocenters. The number of aryl methyl sites for hydroxylation is 1. The maximum atomic E-state index is 14.6. The highest BCUT2D eigenvalue weighted by Gasteiger charge is 2.28. The van der Waals surface area contributed by atoms with Crippen molar-refractivity contribution < 1.29 is 23.5 Å². The molecule has 38 heavy (non-hydrogen) atoms. The SMILES string of the molecule is CCC(=O)N[C@H]1CC[C@@H](NC(=O)c2c(C)[nH]c3c(-c4cc(OC)c(F)cc4OCC4CC4)ncnc23)CC1. The Morgan fingerprint density at radius 3 is 2.42 bits per heavy atom. The molecule has 1 aromatic carbocycles. The van der Waals surface area contributed by atoms with Crippen molar-refractivity contribution in [3.05, 3.63) is 35.5 Å². The summed E-state index contributed by atoms with van der Waals surface area (Å²) >= 11 is 0. The molecule has 3 aromatic rings. The fourth-order valence-corrected chi connectivity index (χ4v) is 5.06. The minimum absolute atomic E-state index is 0.0201. The Balaban J connectivity index is 1.40. The normalized spacial score (nSPS) is 19.3. The Morgan fingerprint density at radius 2 is 1.76 bits per heavy atom. The number of hydrogen-bond acceptors (Lipinski definition) is 6. The lowest BCUT2D eigenvalue weighted by Crippen LogP contribution is -2.43. The van der Waals surface area contributed by atoms with Gasteiger partial charge in [-0.2, -0.15) is 0 Å². The average molecular weight is 524 g/mol. The zero-order valence-electron chi connectivity index (χ0n) is 22.0. The molecule has 0 bridgehead atoms. The van der Waals surface area contributed by atoms with E-state index in [9.17, 15) is 14.0 Å². The van der Waals surface area contributed by atoms with Gasteiger partial charge in [0.25, 0.3) is 5.91 Å². The van der Waals surface area contributed by atoms with Gasteiger partial charge >= 0.3 is 0 Å². The van der Waals surface area contributed by atoms with Crippen LogP contribution >= 0.6 is 0 Å². The van der Waals surface area contributed by atoms with E-state index in [1.165, 1.54) is 19.5 Å². The van der Waals surface area contributed by atoms with E-state index in [4.69, 9.17) is 9.47 Å². The first-order valence-corrected chi connectivity index (χ1v) is 13.3. The monoisotopic (exact) mass is 523 g/mol. The number of nitrogens with zero attached hydrogens (tertiary/aromatic N) is 2. The molecule has 2 fully saturated rings. The first-order valence-electron chi connectivity index (χ1n) is 13.3.